The fourth-order valence-electron chi connectivity index (χ4n) is 1.67. The SMILES string of the molecule is C/C(=N/NC(=O)COc1ccccc1Cl)c1ccc(N)cc1. The monoisotopic (exact) mass is 317 g/mol. The molecule has 0 atom stereocenters. The third kappa shape index (κ3) is 4.49. The molecule has 0 aliphatic carbocycles. The van der Waals surface area contributed by atoms with Gasteiger partial charge in [0.2, 0.25) is 0 Å². The Morgan fingerprint density at radius 2 is 1.91 bits per heavy atom. The van der Waals surface area contributed by atoms with Crippen molar-refractivity contribution in [2.45, 2.75) is 6.92 Å². The van der Waals surface area contributed by atoms with Crippen molar-refractivity contribution in [3.8, 4) is 5.75 Å². The topological polar surface area (TPSA) is 76.7 Å². The third-order valence-corrected chi connectivity index (χ3v) is 3.18. The maximum absolute atomic E-state index is 11.7. The van der Waals surface area contributed by atoms with Gasteiger partial charge in [0.1, 0.15) is 5.75 Å². The molecule has 2 aromatic rings. The Kier molecular flexibility index (Phi) is 5.38. The van der Waals surface area contributed by atoms with Crippen molar-refractivity contribution < 1.29 is 9.53 Å². The van der Waals surface area contributed by atoms with Crippen molar-refractivity contribution in [2.24, 2.45) is 5.10 Å². The zero-order valence-corrected chi connectivity index (χ0v) is 12.8. The van der Waals surface area contributed by atoms with Crippen LogP contribution in [0, 0.1) is 0 Å². The van der Waals surface area contributed by atoms with Gasteiger partial charge in [0.05, 0.1) is 10.7 Å². The molecule has 0 saturated carbocycles. The molecule has 0 saturated heterocycles. The number of nitrogen functional groups attached to an aromatic ring is 1. The van der Waals surface area contributed by atoms with Gasteiger partial charge in [-0.1, -0.05) is 35.9 Å². The molecule has 0 aliphatic heterocycles. The first-order valence-corrected chi connectivity index (χ1v) is 7.00. The van der Waals surface area contributed by atoms with E-state index in [1.54, 1.807) is 43.3 Å². The van der Waals surface area contributed by atoms with E-state index >= 15 is 0 Å². The first-order chi connectivity index (χ1) is 10.6. The molecule has 0 spiro atoms. The molecule has 3 N–H and O–H groups in total. The molecule has 22 heavy (non-hydrogen) atoms. The zero-order chi connectivity index (χ0) is 15.9. The van der Waals surface area contributed by atoms with E-state index in [2.05, 4.69) is 10.5 Å². The maximum atomic E-state index is 11.7. The number of ether oxygens (including phenoxy) is 1. The number of carbonyl (C=O) groups excluding carboxylic acids is 1. The van der Waals surface area contributed by atoms with Gasteiger partial charge >= 0.3 is 0 Å². The Morgan fingerprint density at radius 3 is 2.59 bits per heavy atom. The molecule has 6 heteroatoms. The van der Waals surface area contributed by atoms with E-state index in [1.807, 2.05) is 12.1 Å². The van der Waals surface area contributed by atoms with Crippen LogP contribution in [0.5, 0.6) is 5.75 Å². The fraction of sp³-hybridized carbons (Fsp3) is 0.125. The number of anilines is 1. The minimum Gasteiger partial charge on any atom is -0.482 e. The summed E-state index contributed by atoms with van der Waals surface area (Å²) >= 11 is 5.93. The van der Waals surface area contributed by atoms with Gasteiger partial charge in [-0.15, -0.1) is 0 Å². The summed E-state index contributed by atoms with van der Waals surface area (Å²) in [6.45, 7) is 1.63. The molecule has 0 fully saturated rings. The van der Waals surface area contributed by atoms with Crippen LogP contribution < -0.4 is 15.9 Å². The number of carbonyl (C=O) groups is 1. The molecule has 0 aliphatic rings. The number of hydrogen-bond donors (Lipinski definition) is 2. The van der Waals surface area contributed by atoms with Gasteiger partial charge in [-0.25, -0.2) is 5.43 Å². The van der Waals surface area contributed by atoms with Gasteiger partial charge in [-0.3, -0.25) is 4.79 Å². The highest BCUT2D eigenvalue weighted by atomic mass is 35.5. The maximum Gasteiger partial charge on any atom is 0.277 e. The predicted octanol–water partition coefficient (Wildman–Crippen LogP) is 2.84. The molecule has 0 bridgehead atoms. The van der Waals surface area contributed by atoms with Crippen LogP contribution in [0.3, 0.4) is 0 Å². The highest BCUT2D eigenvalue weighted by Gasteiger charge is 2.05. The first-order valence-electron chi connectivity index (χ1n) is 6.62. The molecule has 2 rings (SSSR count). The second-order valence-corrected chi connectivity index (χ2v) is 4.98. The first kappa shape index (κ1) is 15.9. The average Bonchev–Trinajstić information content (AvgIpc) is 2.52. The number of rotatable bonds is 5. The summed E-state index contributed by atoms with van der Waals surface area (Å²) in [6.07, 6.45) is 0. The van der Waals surface area contributed by atoms with Gasteiger partial charge in [-0.05, 0) is 36.8 Å². The van der Waals surface area contributed by atoms with Crippen molar-refractivity contribution in [2.75, 3.05) is 12.3 Å². The Hall–Kier alpha value is -2.53. The second-order valence-electron chi connectivity index (χ2n) is 4.57. The molecule has 2 aromatic carbocycles. The van der Waals surface area contributed by atoms with Crippen LogP contribution in [0.25, 0.3) is 0 Å². The van der Waals surface area contributed by atoms with E-state index < -0.39 is 0 Å². The molecule has 5 nitrogen and oxygen atoms in total. The fourth-order valence-corrected chi connectivity index (χ4v) is 1.86. The Labute approximate surface area is 133 Å². The molecule has 0 aromatic heterocycles. The van der Waals surface area contributed by atoms with E-state index in [0.29, 0.717) is 22.2 Å². The van der Waals surface area contributed by atoms with Crippen LogP contribution in [-0.2, 0) is 4.79 Å². The lowest BCUT2D eigenvalue weighted by Crippen LogP contribution is -2.25. The van der Waals surface area contributed by atoms with Crippen molar-refractivity contribution in [1.82, 2.24) is 5.43 Å². The van der Waals surface area contributed by atoms with Crippen LogP contribution in [-0.4, -0.2) is 18.2 Å². The normalized spacial score (nSPS) is 11.1. The molecule has 0 radical (unpaired) electrons. The molecule has 1 amide bonds. The van der Waals surface area contributed by atoms with Gasteiger partial charge in [0.25, 0.3) is 5.91 Å². The predicted molar refractivity (Wildman–Crippen MR) is 88.2 cm³/mol. The number of nitrogens with two attached hydrogens (primary N) is 1. The lowest BCUT2D eigenvalue weighted by Gasteiger charge is -2.07. The van der Waals surface area contributed by atoms with Crippen LogP contribution in [0.2, 0.25) is 5.02 Å². The van der Waals surface area contributed by atoms with E-state index in [1.165, 1.54) is 0 Å². The summed E-state index contributed by atoms with van der Waals surface area (Å²) in [5.41, 5.74) is 10.3. The number of benzene rings is 2. The summed E-state index contributed by atoms with van der Waals surface area (Å²) in [4.78, 5) is 11.7. The number of hydrazone groups is 1. The van der Waals surface area contributed by atoms with Gasteiger partial charge < -0.3 is 10.5 Å². The van der Waals surface area contributed by atoms with Crippen molar-refractivity contribution in [3.63, 3.8) is 0 Å². The minimum absolute atomic E-state index is 0.164. The second kappa shape index (κ2) is 7.47. The standard InChI is InChI=1S/C16H16ClN3O2/c1-11(12-6-8-13(18)9-7-12)19-20-16(21)10-22-15-5-3-2-4-14(15)17/h2-9H,10,18H2,1H3,(H,20,21)/b19-11-. The summed E-state index contributed by atoms with van der Waals surface area (Å²) in [5.74, 6) is 0.0910. The molecular formula is C16H16ClN3O2. The quantitative estimate of drug-likeness (QED) is 0.506. The van der Waals surface area contributed by atoms with Gasteiger partial charge in [0, 0.05) is 5.69 Å². The number of halogens is 1. The highest BCUT2D eigenvalue weighted by Crippen LogP contribution is 2.22. The van der Waals surface area contributed by atoms with E-state index in [9.17, 15) is 4.79 Å². The number of nitrogens with one attached hydrogen (secondary N) is 1. The minimum atomic E-state index is -0.366. The molecule has 0 unspecified atom stereocenters. The number of para-hydroxylation sites is 1. The van der Waals surface area contributed by atoms with Crippen molar-refractivity contribution >= 4 is 28.9 Å². The van der Waals surface area contributed by atoms with Crippen molar-refractivity contribution in [3.05, 3.63) is 59.1 Å². The lowest BCUT2D eigenvalue weighted by atomic mass is 10.1. The van der Waals surface area contributed by atoms with Gasteiger partial charge in [-0.2, -0.15) is 5.10 Å². The Morgan fingerprint density at radius 1 is 1.23 bits per heavy atom. The van der Waals surface area contributed by atoms with Crippen LogP contribution in [0.15, 0.2) is 53.6 Å². The molecular weight excluding hydrogens is 302 g/mol. The van der Waals surface area contributed by atoms with Crippen LogP contribution in [0.1, 0.15) is 12.5 Å². The summed E-state index contributed by atoms with van der Waals surface area (Å²) in [5, 5.41) is 4.48. The van der Waals surface area contributed by atoms with Crippen LogP contribution in [0.4, 0.5) is 5.69 Å². The highest BCUT2D eigenvalue weighted by molar-refractivity contribution is 6.32. The third-order valence-electron chi connectivity index (χ3n) is 2.87. The van der Waals surface area contributed by atoms with E-state index in [0.717, 1.165) is 5.56 Å². The van der Waals surface area contributed by atoms with E-state index in [-0.39, 0.29) is 12.5 Å². The molecule has 0 heterocycles. The Bertz CT molecular complexity index is 684. The number of nitrogens with zero attached hydrogens (tertiary/aromatic N) is 1. The largest absolute Gasteiger partial charge is 0.482 e. The summed E-state index contributed by atoms with van der Waals surface area (Å²) < 4.78 is 5.32. The van der Waals surface area contributed by atoms with Gasteiger partial charge in [0.15, 0.2) is 6.61 Å². The smallest absolute Gasteiger partial charge is 0.277 e. The summed E-state index contributed by atoms with van der Waals surface area (Å²) in [6, 6.07) is 14.2. The average molecular weight is 318 g/mol. The van der Waals surface area contributed by atoms with E-state index in [4.69, 9.17) is 22.1 Å². The van der Waals surface area contributed by atoms with Crippen LogP contribution >= 0.6 is 11.6 Å². The van der Waals surface area contributed by atoms with Crippen molar-refractivity contribution in [1.29, 1.82) is 0 Å². The lowest BCUT2D eigenvalue weighted by molar-refractivity contribution is -0.123. The summed E-state index contributed by atoms with van der Waals surface area (Å²) in [7, 11) is 0. The number of hydrogen-bond acceptors (Lipinski definition) is 4. The Balaban J connectivity index is 1.88. The number of amides is 1. The molecule has 114 valence electrons. The zero-order valence-electron chi connectivity index (χ0n) is 12.0.